The maximum atomic E-state index is 7.17. The Morgan fingerprint density at radius 1 is 0.744 bits per heavy atom. The molecule has 39 heavy (non-hydrogen) atoms. The topological polar surface area (TPSA) is 24.8 Å². The number of nitrogens with zero attached hydrogens (tertiary/aromatic N) is 2. The van der Waals surface area contributed by atoms with Crippen molar-refractivity contribution < 1.29 is 4.74 Å². The third-order valence-electron chi connectivity index (χ3n) is 15.5. The highest BCUT2D eigenvalue weighted by Crippen LogP contribution is 2.73. The minimum atomic E-state index is 0.327. The van der Waals surface area contributed by atoms with Gasteiger partial charge in [-0.2, -0.15) is 0 Å². The van der Waals surface area contributed by atoms with Crippen LogP contribution >= 0.6 is 0 Å². The van der Waals surface area contributed by atoms with E-state index in [0.29, 0.717) is 34.9 Å². The van der Waals surface area contributed by atoms with Gasteiger partial charge in [0.2, 0.25) is 0 Å². The van der Waals surface area contributed by atoms with Crippen molar-refractivity contribution >= 4 is 12.7 Å². The molecule has 0 radical (unpaired) electrons. The fourth-order valence-electron chi connectivity index (χ4n) is 14.2. The van der Waals surface area contributed by atoms with Crippen LogP contribution in [0.15, 0.2) is 4.99 Å². The Labute approximate surface area is 239 Å². The van der Waals surface area contributed by atoms with Crippen molar-refractivity contribution in [3.8, 4) is 0 Å². The van der Waals surface area contributed by atoms with Crippen LogP contribution in [0.5, 0.6) is 0 Å². The number of amidine groups is 1. The summed E-state index contributed by atoms with van der Waals surface area (Å²) >= 11 is 0. The van der Waals surface area contributed by atoms with E-state index >= 15 is 0 Å². The third-order valence-corrected chi connectivity index (χ3v) is 15.5. The maximum absolute atomic E-state index is 7.17. The number of fused-ring (bicyclic) bond motifs is 6. The van der Waals surface area contributed by atoms with E-state index in [1.165, 1.54) is 64.2 Å². The molecule has 3 saturated heterocycles. The molecule has 0 amide bonds. The monoisotopic (exact) mass is 530 g/mol. The second-order valence-corrected chi connectivity index (χ2v) is 18.6. The molecular weight excluding hydrogens is 475 g/mol. The zero-order valence-electron chi connectivity index (χ0n) is 25.8. The molecule has 0 spiro atoms. The summed E-state index contributed by atoms with van der Waals surface area (Å²) in [5, 5.41) is 0. The van der Waals surface area contributed by atoms with Crippen LogP contribution in [0.2, 0.25) is 17.5 Å². The predicted molar refractivity (Wildman–Crippen MR) is 160 cm³/mol. The smallest absolute Gasteiger partial charge is 0.288 e. The Morgan fingerprint density at radius 3 is 2.33 bits per heavy atom. The highest BCUT2D eigenvalue weighted by molar-refractivity contribution is 6.65. The third kappa shape index (κ3) is 3.22. The summed E-state index contributed by atoms with van der Waals surface area (Å²) in [5.74, 6) is 10.1. The molecule has 9 rings (SSSR count). The fraction of sp³-hybridized carbons (Fsp3) is 0.971. The van der Waals surface area contributed by atoms with Gasteiger partial charge in [0, 0.05) is 12.0 Å². The van der Waals surface area contributed by atoms with Crippen molar-refractivity contribution in [2.24, 2.45) is 63.2 Å². The molecule has 4 heteroatoms. The largest absolute Gasteiger partial charge is 0.461 e. The van der Waals surface area contributed by atoms with Gasteiger partial charge in [0.1, 0.15) is 6.10 Å². The van der Waals surface area contributed by atoms with Crippen LogP contribution in [0.4, 0.5) is 0 Å². The molecule has 0 aromatic heterocycles. The standard InChI is InChI=1S/C35H55BN2O/c1-34(2,3)19-11-13-25-21(16-19)23-17-22-20-10-8-7-9-18(20)15-27-28(22)32-29(23)36(25)26-14-12-24(35(4,5)6)30-31(26)38(32)33(37-30)39-27/h18-32H,7-17H2,1-6H3. The summed E-state index contributed by atoms with van der Waals surface area (Å²) in [6, 6.07) is 3.02. The molecule has 9 aliphatic rings. The predicted octanol–water partition coefficient (Wildman–Crippen LogP) is 8.18. The molecule has 0 bridgehead atoms. The van der Waals surface area contributed by atoms with Gasteiger partial charge in [-0.1, -0.05) is 85.9 Å². The SMILES string of the molecule is CC(C)(C)C1CCC2B3C4CCC(C(C)(C)C)C5N=C6OC7CC8CCCCC8C8CC(C2C1)C3C(C78)N6C45. The normalized spacial score (nSPS) is 54.8. The molecule has 5 saturated carbocycles. The van der Waals surface area contributed by atoms with Crippen LogP contribution in [-0.4, -0.2) is 41.9 Å². The van der Waals surface area contributed by atoms with E-state index in [2.05, 4.69) is 46.4 Å². The quantitative estimate of drug-likeness (QED) is 0.295. The van der Waals surface area contributed by atoms with E-state index < -0.39 is 0 Å². The number of aliphatic imine (C=N–C) groups is 1. The average Bonchev–Trinajstić information content (AvgIpc) is 3.43. The van der Waals surface area contributed by atoms with Crippen molar-refractivity contribution in [3.63, 3.8) is 0 Å². The van der Waals surface area contributed by atoms with Gasteiger partial charge < -0.3 is 9.64 Å². The first-order valence-electron chi connectivity index (χ1n) is 17.6. The molecule has 214 valence electrons. The summed E-state index contributed by atoms with van der Waals surface area (Å²) in [5.41, 5.74) is 0.794. The first-order chi connectivity index (χ1) is 18.6. The lowest BCUT2D eigenvalue weighted by Gasteiger charge is -2.66. The van der Waals surface area contributed by atoms with Gasteiger partial charge in [0.15, 0.2) is 6.71 Å². The Kier molecular flexibility index (Phi) is 5.13. The second kappa shape index (κ2) is 8.03. The van der Waals surface area contributed by atoms with Gasteiger partial charge in [-0.25, -0.2) is 4.99 Å². The first-order valence-corrected chi connectivity index (χ1v) is 17.6. The zero-order chi connectivity index (χ0) is 26.6. The minimum absolute atomic E-state index is 0.327. The van der Waals surface area contributed by atoms with Crippen molar-refractivity contribution in [2.75, 3.05) is 0 Å². The van der Waals surface area contributed by atoms with Crippen LogP contribution < -0.4 is 0 Å². The maximum Gasteiger partial charge on any atom is 0.288 e. The van der Waals surface area contributed by atoms with Gasteiger partial charge in [-0.3, -0.25) is 0 Å². The van der Waals surface area contributed by atoms with E-state index in [0.717, 1.165) is 77.7 Å². The van der Waals surface area contributed by atoms with Gasteiger partial charge >= 0.3 is 0 Å². The Hall–Kier alpha value is -0.665. The lowest BCUT2D eigenvalue weighted by Crippen LogP contribution is -2.72. The van der Waals surface area contributed by atoms with E-state index in [4.69, 9.17) is 9.73 Å². The highest BCUT2D eigenvalue weighted by Gasteiger charge is 2.74. The van der Waals surface area contributed by atoms with E-state index in [1.54, 1.807) is 6.42 Å². The van der Waals surface area contributed by atoms with Crippen LogP contribution in [0.3, 0.4) is 0 Å². The molecule has 4 heterocycles. The Balaban J connectivity index is 1.18. The molecule has 0 N–H and O–H groups in total. The minimum Gasteiger partial charge on any atom is -0.461 e. The lowest BCUT2D eigenvalue weighted by molar-refractivity contribution is -0.141. The lowest BCUT2D eigenvalue weighted by atomic mass is 9.23. The molecule has 4 aliphatic heterocycles. The molecule has 5 aliphatic carbocycles. The van der Waals surface area contributed by atoms with Crippen molar-refractivity contribution in [3.05, 3.63) is 0 Å². The zero-order valence-corrected chi connectivity index (χ0v) is 25.8. The van der Waals surface area contributed by atoms with Gasteiger partial charge in [0.05, 0.1) is 12.1 Å². The van der Waals surface area contributed by atoms with Gasteiger partial charge in [-0.15, -0.1) is 0 Å². The second-order valence-electron chi connectivity index (χ2n) is 18.6. The Morgan fingerprint density at radius 2 is 1.54 bits per heavy atom. The van der Waals surface area contributed by atoms with Crippen LogP contribution in [0.25, 0.3) is 0 Å². The molecule has 3 nitrogen and oxygen atoms in total. The van der Waals surface area contributed by atoms with Crippen LogP contribution in [-0.2, 0) is 4.74 Å². The Bertz CT molecular complexity index is 1060. The van der Waals surface area contributed by atoms with Gasteiger partial charge in [-0.05, 0) is 96.0 Å². The summed E-state index contributed by atoms with van der Waals surface area (Å²) in [6.07, 6.45) is 16.7. The molecule has 0 aromatic carbocycles. The number of ether oxygens (including phenoxy) is 1. The van der Waals surface area contributed by atoms with Crippen molar-refractivity contribution in [2.45, 2.75) is 154 Å². The average molecular weight is 531 g/mol. The van der Waals surface area contributed by atoms with Crippen LogP contribution in [0, 0.1) is 58.2 Å². The molecule has 0 aromatic rings. The summed E-state index contributed by atoms with van der Waals surface area (Å²) in [7, 11) is 0. The molecule has 8 fully saturated rings. The first kappa shape index (κ1) is 24.9. The van der Waals surface area contributed by atoms with Crippen molar-refractivity contribution in [1.82, 2.24) is 4.90 Å². The summed E-state index contributed by atoms with van der Waals surface area (Å²) in [4.78, 5) is 8.62. The molecular formula is C35H55BN2O. The number of hydrogen-bond donors (Lipinski definition) is 0. The number of hydrogen-bond acceptors (Lipinski definition) is 3. The summed E-state index contributed by atoms with van der Waals surface area (Å²) in [6.45, 7) is 16.1. The van der Waals surface area contributed by atoms with Crippen molar-refractivity contribution in [1.29, 1.82) is 0 Å². The van der Waals surface area contributed by atoms with E-state index in [9.17, 15) is 0 Å². The van der Waals surface area contributed by atoms with Crippen LogP contribution in [0.1, 0.15) is 112 Å². The van der Waals surface area contributed by atoms with Gasteiger partial charge in [0.25, 0.3) is 6.02 Å². The highest BCUT2D eigenvalue weighted by atomic mass is 16.5. The molecule has 15 atom stereocenters. The molecule has 15 unspecified atom stereocenters. The number of rotatable bonds is 0. The fourth-order valence-corrected chi connectivity index (χ4v) is 14.2. The summed E-state index contributed by atoms with van der Waals surface area (Å²) < 4.78 is 7.17. The van der Waals surface area contributed by atoms with E-state index in [1.807, 2.05) is 0 Å². The van der Waals surface area contributed by atoms with E-state index in [-0.39, 0.29) is 0 Å².